The van der Waals surface area contributed by atoms with Crippen molar-refractivity contribution in [2.45, 2.75) is 51.4 Å². The molecule has 134 valence electrons. The van der Waals surface area contributed by atoms with Crippen molar-refractivity contribution in [2.75, 3.05) is 19.6 Å². The monoisotopic (exact) mass is 354 g/mol. The lowest BCUT2D eigenvalue weighted by Gasteiger charge is -2.34. The van der Waals surface area contributed by atoms with Gasteiger partial charge in [-0.3, -0.25) is 4.79 Å². The van der Waals surface area contributed by atoms with Crippen LogP contribution in [0.5, 0.6) is 5.75 Å². The Balaban J connectivity index is 0.00000208. The SMILES string of the molecule is Cc1ccc(C)c(OC2CCN(C(=O)C3CC(O)CN3)CC2)c1.Cl. The molecule has 6 heteroatoms. The van der Waals surface area contributed by atoms with E-state index in [0.29, 0.717) is 13.0 Å². The molecule has 0 spiro atoms. The summed E-state index contributed by atoms with van der Waals surface area (Å²) in [7, 11) is 0. The fourth-order valence-corrected chi connectivity index (χ4v) is 3.33. The Hall–Kier alpha value is -1.30. The van der Waals surface area contributed by atoms with Gasteiger partial charge in [0.25, 0.3) is 0 Å². The zero-order chi connectivity index (χ0) is 16.4. The molecule has 1 amide bonds. The summed E-state index contributed by atoms with van der Waals surface area (Å²) in [6.07, 6.45) is 2.01. The van der Waals surface area contributed by atoms with Crippen molar-refractivity contribution in [1.82, 2.24) is 10.2 Å². The molecule has 2 aliphatic rings. The number of β-amino-alcohol motifs (C(OH)–C–C–N with tert-alkyl or cyclic N) is 1. The van der Waals surface area contributed by atoms with E-state index < -0.39 is 6.10 Å². The Morgan fingerprint density at radius 1 is 1.29 bits per heavy atom. The average Bonchev–Trinajstić information content (AvgIpc) is 2.97. The van der Waals surface area contributed by atoms with Gasteiger partial charge in [-0.25, -0.2) is 0 Å². The fourth-order valence-electron chi connectivity index (χ4n) is 3.33. The summed E-state index contributed by atoms with van der Waals surface area (Å²) in [6.45, 7) is 6.09. The third-order valence-corrected chi connectivity index (χ3v) is 4.80. The van der Waals surface area contributed by atoms with Gasteiger partial charge in [-0.05, 0) is 37.5 Å². The summed E-state index contributed by atoms with van der Waals surface area (Å²) in [5, 5.41) is 12.6. The van der Waals surface area contributed by atoms with Crippen LogP contribution in [0.25, 0.3) is 0 Å². The van der Waals surface area contributed by atoms with Gasteiger partial charge in [-0.15, -0.1) is 12.4 Å². The van der Waals surface area contributed by atoms with E-state index >= 15 is 0 Å². The zero-order valence-corrected chi connectivity index (χ0v) is 15.1. The second kappa shape index (κ2) is 8.19. The van der Waals surface area contributed by atoms with Crippen molar-refractivity contribution in [3.63, 3.8) is 0 Å². The lowest BCUT2D eigenvalue weighted by atomic mass is 10.1. The number of benzene rings is 1. The first-order chi connectivity index (χ1) is 11.0. The van der Waals surface area contributed by atoms with Crippen LogP contribution in [0.4, 0.5) is 0 Å². The number of rotatable bonds is 3. The Kier molecular flexibility index (Phi) is 6.49. The maximum atomic E-state index is 12.4. The molecule has 0 aliphatic carbocycles. The predicted molar refractivity (Wildman–Crippen MR) is 95.8 cm³/mol. The first-order valence-corrected chi connectivity index (χ1v) is 8.47. The third-order valence-electron chi connectivity index (χ3n) is 4.80. The van der Waals surface area contributed by atoms with Gasteiger partial charge >= 0.3 is 0 Å². The van der Waals surface area contributed by atoms with Crippen molar-refractivity contribution in [3.8, 4) is 5.75 Å². The van der Waals surface area contributed by atoms with Gasteiger partial charge in [0.1, 0.15) is 11.9 Å². The smallest absolute Gasteiger partial charge is 0.239 e. The molecule has 3 rings (SSSR count). The highest BCUT2D eigenvalue weighted by molar-refractivity contribution is 5.85. The van der Waals surface area contributed by atoms with Crippen LogP contribution in [0.15, 0.2) is 18.2 Å². The molecule has 2 N–H and O–H groups in total. The van der Waals surface area contributed by atoms with Crippen molar-refractivity contribution < 1.29 is 14.6 Å². The minimum Gasteiger partial charge on any atom is -0.490 e. The number of halogens is 1. The number of aryl methyl sites for hydroxylation is 2. The summed E-state index contributed by atoms with van der Waals surface area (Å²) in [6, 6.07) is 6.03. The van der Waals surface area contributed by atoms with Gasteiger partial charge in [0.05, 0.1) is 12.1 Å². The molecule has 2 atom stereocenters. The standard InChI is InChI=1S/C18H26N2O3.ClH/c1-12-3-4-13(2)17(9-12)23-15-5-7-20(8-6-15)18(22)16-10-14(21)11-19-16;/h3-4,9,14-16,19,21H,5-8,10-11H2,1-2H3;1H. The second-order valence-corrected chi connectivity index (χ2v) is 6.76. The molecule has 1 aromatic carbocycles. The number of nitrogens with zero attached hydrogens (tertiary/aromatic N) is 1. The second-order valence-electron chi connectivity index (χ2n) is 6.76. The zero-order valence-electron chi connectivity index (χ0n) is 14.3. The number of amides is 1. The molecule has 1 aromatic rings. The fraction of sp³-hybridized carbons (Fsp3) is 0.611. The summed E-state index contributed by atoms with van der Waals surface area (Å²) >= 11 is 0. The molecule has 0 bridgehead atoms. The van der Waals surface area contributed by atoms with Crippen LogP contribution in [-0.4, -0.2) is 53.8 Å². The Bertz CT molecular complexity index is 573. The number of ether oxygens (including phenoxy) is 1. The van der Waals surface area contributed by atoms with E-state index in [0.717, 1.165) is 37.2 Å². The van der Waals surface area contributed by atoms with E-state index in [4.69, 9.17) is 4.74 Å². The van der Waals surface area contributed by atoms with E-state index in [9.17, 15) is 9.90 Å². The van der Waals surface area contributed by atoms with Crippen LogP contribution >= 0.6 is 12.4 Å². The molecule has 2 aliphatic heterocycles. The predicted octanol–water partition coefficient (Wildman–Crippen LogP) is 1.82. The van der Waals surface area contributed by atoms with Crippen LogP contribution in [0.1, 0.15) is 30.4 Å². The number of hydrogen-bond donors (Lipinski definition) is 2. The molecule has 0 aromatic heterocycles. The topological polar surface area (TPSA) is 61.8 Å². The van der Waals surface area contributed by atoms with Crippen molar-refractivity contribution >= 4 is 18.3 Å². The number of piperidine rings is 1. The van der Waals surface area contributed by atoms with Crippen LogP contribution in [0, 0.1) is 13.8 Å². The molecular formula is C18H27ClN2O3. The van der Waals surface area contributed by atoms with Crippen LogP contribution in [0.3, 0.4) is 0 Å². The van der Waals surface area contributed by atoms with Crippen molar-refractivity contribution in [3.05, 3.63) is 29.3 Å². The minimum absolute atomic E-state index is 0. The highest BCUT2D eigenvalue weighted by Gasteiger charge is 2.33. The number of likely N-dealkylation sites (tertiary alicyclic amines) is 1. The van der Waals surface area contributed by atoms with E-state index in [1.165, 1.54) is 5.56 Å². The van der Waals surface area contributed by atoms with Crippen LogP contribution in [-0.2, 0) is 4.79 Å². The number of aliphatic hydroxyl groups excluding tert-OH is 1. The van der Waals surface area contributed by atoms with E-state index in [2.05, 4.69) is 37.4 Å². The first-order valence-electron chi connectivity index (χ1n) is 8.47. The highest BCUT2D eigenvalue weighted by Crippen LogP contribution is 2.24. The van der Waals surface area contributed by atoms with Gasteiger partial charge in [-0.1, -0.05) is 12.1 Å². The summed E-state index contributed by atoms with van der Waals surface area (Å²) < 4.78 is 6.14. The average molecular weight is 355 g/mol. The molecule has 2 unspecified atom stereocenters. The maximum Gasteiger partial charge on any atom is 0.239 e. The van der Waals surface area contributed by atoms with Gasteiger partial charge in [0.15, 0.2) is 0 Å². The molecule has 5 nitrogen and oxygen atoms in total. The number of carbonyl (C=O) groups excluding carboxylic acids is 1. The Morgan fingerprint density at radius 3 is 2.62 bits per heavy atom. The number of aliphatic hydroxyl groups is 1. The quantitative estimate of drug-likeness (QED) is 0.869. The van der Waals surface area contributed by atoms with Gasteiger partial charge in [0, 0.05) is 32.5 Å². The maximum absolute atomic E-state index is 12.4. The minimum atomic E-state index is -0.394. The molecule has 0 saturated carbocycles. The van der Waals surface area contributed by atoms with Crippen LogP contribution in [0.2, 0.25) is 0 Å². The molecule has 2 fully saturated rings. The Morgan fingerprint density at radius 2 is 2.00 bits per heavy atom. The van der Waals surface area contributed by atoms with E-state index in [1.807, 2.05) is 4.90 Å². The number of carbonyl (C=O) groups is 1. The molecule has 2 saturated heterocycles. The van der Waals surface area contributed by atoms with Crippen LogP contribution < -0.4 is 10.1 Å². The van der Waals surface area contributed by atoms with Gasteiger partial charge in [0.2, 0.25) is 5.91 Å². The first kappa shape index (κ1) is 19.0. The number of hydrogen-bond acceptors (Lipinski definition) is 4. The normalized spacial score (nSPS) is 24.5. The van der Waals surface area contributed by atoms with Crippen molar-refractivity contribution in [2.24, 2.45) is 0 Å². The van der Waals surface area contributed by atoms with Crippen molar-refractivity contribution in [1.29, 1.82) is 0 Å². The lowest BCUT2D eigenvalue weighted by molar-refractivity contribution is -0.135. The van der Waals surface area contributed by atoms with E-state index in [-0.39, 0.29) is 30.5 Å². The molecular weight excluding hydrogens is 328 g/mol. The summed E-state index contributed by atoms with van der Waals surface area (Å²) in [5.74, 6) is 1.07. The summed E-state index contributed by atoms with van der Waals surface area (Å²) in [5.41, 5.74) is 2.35. The summed E-state index contributed by atoms with van der Waals surface area (Å²) in [4.78, 5) is 14.3. The van der Waals surface area contributed by atoms with Gasteiger partial charge in [-0.2, -0.15) is 0 Å². The lowest BCUT2D eigenvalue weighted by Crippen LogP contribution is -2.48. The molecule has 0 radical (unpaired) electrons. The highest BCUT2D eigenvalue weighted by atomic mass is 35.5. The Labute approximate surface area is 149 Å². The molecule has 24 heavy (non-hydrogen) atoms. The molecule has 2 heterocycles. The van der Waals surface area contributed by atoms with E-state index in [1.54, 1.807) is 0 Å². The number of nitrogens with one attached hydrogen (secondary N) is 1. The van der Waals surface area contributed by atoms with Gasteiger partial charge < -0.3 is 20.1 Å². The third kappa shape index (κ3) is 4.41. The largest absolute Gasteiger partial charge is 0.490 e.